The molecule has 20 heavy (non-hydrogen) atoms. The van der Waals surface area contributed by atoms with Crippen LogP contribution in [0.15, 0.2) is 36.5 Å². The Kier molecular flexibility index (Phi) is 4.30. The molecule has 0 fully saturated rings. The number of hydrogen-bond donors (Lipinski definition) is 1. The Hall–Kier alpha value is -2.43. The number of carbonyl (C=O) groups is 2. The van der Waals surface area contributed by atoms with E-state index in [0.717, 1.165) is 10.9 Å². The molecule has 0 spiro atoms. The van der Waals surface area contributed by atoms with Gasteiger partial charge in [-0.2, -0.15) is 0 Å². The molecule has 1 amide bonds. The highest BCUT2D eigenvalue weighted by atomic mass is 16.5. The molecule has 0 radical (unpaired) electrons. The van der Waals surface area contributed by atoms with Crippen LogP contribution in [-0.2, 0) is 16.6 Å². The summed E-state index contributed by atoms with van der Waals surface area (Å²) >= 11 is 0. The molecule has 0 atom stereocenters. The lowest BCUT2D eigenvalue weighted by Crippen LogP contribution is -2.33. The van der Waals surface area contributed by atoms with Crippen molar-refractivity contribution < 1.29 is 18.9 Å². The van der Waals surface area contributed by atoms with Crippen molar-refractivity contribution >= 4 is 22.8 Å². The van der Waals surface area contributed by atoms with Crippen LogP contribution in [0.5, 0.6) is 0 Å². The van der Waals surface area contributed by atoms with Crippen LogP contribution in [0.25, 0.3) is 10.9 Å². The van der Waals surface area contributed by atoms with Crippen LogP contribution in [0.4, 0.5) is 0 Å². The van der Waals surface area contributed by atoms with E-state index in [1.165, 1.54) is 6.92 Å². The highest BCUT2D eigenvalue weighted by Gasteiger charge is 2.13. The molecule has 1 heterocycles. The van der Waals surface area contributed by atoms with Crippen molar-refractivity contribution in [2.75, 3.05) is 13.2 Å². The van der Waals surface area contributed by atoms with Crippen molar-refractivity contribution in [3.63, 3.8) is 0 Å². The number of aromatic nitrogens is 1. The number of nitrogens with one attached hydrogen (secondary N) is 1. The van der Waals surface area contributed by atoms with Crippen LogP contribution in [0.3, 0.4) is 0 Å². The normalized spacial score (nSPS) is 10.3. The number of fused-ring (bicyclic) bond motifs is 1. The number of pyridine rings is 1. The summed E-state index contributed by atoms with van der Waals surface area (Å²) in [5.41, 5.74) is 1.64. The van der Waals surface area contributed by atoms with Crippen LogP contribution in [0.2, 0.25) is 0 Å². The highest BCUT2D eigenvalue weighted by molar-refractivity contribution is 5.96. The van der Waals surface area contributed by atoms with E-state index < -0.39 is 0 Å². The van der Waals surface area contributed by atoms with Crippen molar-refractivity contribution in [1.29, 1.82) is 0 Å². The fourth-order valence-electron chi connectivity index (χ4n) is 2.00. The number of rotatable bonds is 4. The predicted molar refractivity (Wildman–Crippen MR) is 74.1 cm³/mol. The molecule has 0 unspecified atom stereocenters. The first-order valence-electron chi connectivity index (χ1n) is 6.38. The van der Waals surface area contributed by atoms with Crippen molar-refractivity contribution in [2.24, 2.45) is 7.05 Å². The van der Waals surface area contributed by atoms with Gasteiger partial charge in [-0.25, -0.2) is 4.57 Å². The molecule has 0 saturated heterocycles. The molecular formula is C15H17N2O3+. The van der Waals surface area contributed by atoms with Crippen molar-refractivity contribution in [3.8, 4) is 0 Å². The maximum absolute atomic E-state index is 12.0. The Morgan fingerprint density at radius 3 is 2.80 bits per heavy atom. The second-order valence-corrected chi connectivity index (χ2v) is 4.49. The van der Waals surface area contributed by atoms with Gasteiger partial charge in [-0.05, 0) is 12.1 Å². The molecule has 104 valence electrons. The Bertz CT molecular complexity index is 653. The number of nitrogens with zero attached hydrogens (tertiary/aromatic N) is 1. The third-order valence-electron chi connectivity index (χ3n) is 2.92. The largest absolute Gasteiger partial charge is 0.464 e. The highest BCUT2D eigenvalue weighted by Crippen LogP contribution is 2.10. The molecule has 1 aromatic carbocycles. The van der Waals surface area contributed by atoms with E-state index >= 15 is 0 Å². The van der Waals surface area contributed by atoms with Crippen molar-refractivity contribution in [2.45, 2.75) is 6.92 Å². The smallest absolute Gasteiger partial charge is 0.302 e. The number of hydrogen-bond acceptors (Lipinski definition) is 3. The minimum absolute atomic E-state index is 0.181. The number of aryl methyl sites for hydroxylation is 1. The summed E-state index contributed by atoms with van der Waals surface area (Å²) in [5.74, 6) is -0.533. The zero-order valence-electron chi connectivity index (χ0n) is 11.6. The lowest BCUT2D eigenvalue weighted by atomic mass is 10.1. The Balaban J connectivity index is 2.08. The molecule has 0 aliphatic heterocycles. The van der Waals surface area contributed by atoms with Gasteiger partial charge in [-0.3, -0.25) is 9.59 Å². The Labute approximate surface area is 117 Å². The SMILES string of the molecule is CC(=O)OCCNC(=O)c1cc2ccccc2[n+](C)c1. The fourth-order valence-corrected chi connectivity index (χ4v) is 2.00. The first kappa shape index (κ1) is 14.0. The fraction of sp³-hybridized carbons (Fsp3) is 0.267. The molecule has 0 aliphatic rings. The predicted octanol–water partition coefficient (Wildman–Crippen LogP) is 0.957. The summed E-state index contributed by atoms with van der Waals surface area (Å²) in [7, 11) is 1.90. The van der Waals surface area contributed by atoms with E-state index in [2.05, 4.69) is 5.32 Å². The summed E-state index contributed by atoms with van der Waals surface area (Å²) in [6, 6.07) is 9.70. The van der Waals surface area contributed by atoms with Gasteiger partial charge in [0.15, 0.2) is 6.20 Å². The van der Waals surface area contributed by atoms with Crippen LogP contribution in [-0.4, -0.2) is 25.0 Å². The van der Waals surface area contributed by atoms with E-state index in [9.17, 15) is 9.59 Å². The van der Waals surface area contributed by atoms with Gasteiger partial charge in [0.05, 0.1) is 6.54 Å². The second-order valence-electron chi connectivity index (χ2n) is 4.49. The van der Waals surface area contributed by atoms with Crippen molar-refractivity contribution in [1.82, 2.24) is 5.32 Å². The van der Waals surface area contributed by atoms with Gasteiger partial charge in [0.2, 0.25) is 5.52 Å². The minimum atomic E-state index is -0.351. The molecule has 1 aromatic heterocycles. The van der Waals surface area contributed by atoms with Crippen LogP contribution < -0.4 is 9.88 Å². The van der Waals surface area contributed by atoms with E-state index in [4.69, 9.17) is 4.74 Å². The molecule has 0 saturated carbocycles. The van der Waals surface area contributed by atoms with Gasteiger partial charge in [0, 0.05) is 18.4 Å². The summed E-state index contributed by atoms with van der Waals surface area (Å²) < 4.78 is 6.68. The van der Waals surface area contributed by atoms with Crippen LogP contribution in [0, 0.1) is 0 Å². The molecule has 2 rings (SSSR count). The first-order valence-corrected chi connectivity index (χ1v) is 6.38. The quantitative estimate of drug-likeness (QED) is 0.513. The maximum Gasteiger partial charge on any atom is 0.302 e. The minimum Gasteiger partial charge on any atom is -0.464 e. The zero-order chi connectivity index (χ0) is 14.5. The summed E-state index contributed by atoms with van der Waals surface area (Å²) in [6.07, 6.45) is 1.78. The number of carbonyl (C=O) groups excluding carboxylic acids is 2. The van der Waals surface area contributed by atoms with Crippen LogP contribution >= 0.6 is 0 Å². The number of esters is 1. The van der Waals surface area contributed by atoms with Crippen LogP contribution in [0.1, 0.15) is 17.3 Å². The average molecular weight is 273 g/mol. The molecule has 0 bridgehead atoms. The third kappa shape index (κ3) is 3.32. The first-order chi connectivity index (χ1) is 9.58. The van der Waals surface area contributed by atoms with E-state index in [0.29, 0.717) is 12.1 Å². The molecule has 5 nitrogen and oxygen atoms in total. The number of benzene rings is 1. The summed E-state index contributed by atoms with van der Waals surface area (Å²) in [5, 5.41) is 3.72. The number of ether oxygens (including phenoxy) is 1. The van der Waals surface area contributed by atoms with E-state index in [-0.39, 0.29) is 18.5 Å². The van der Waals surface area contributed by atoms with Gasteiger partial charge in [-0.1, -0.05) is 12.1 Å². The standard InChI is InChI=1S/C15H16N2O3/c1-11(18)20-8-7-16-15(19)13-9-12-5-3-4-6-14(12)17(2)10-13/h3-6,9-10H,7-8H2,1-2H3/p+1. The number of amides is 1. The zero-order valence-corrected chi connectivity index (χ0v) is 11.6. The summed E-state index contributed by atoms with van der Waals surface area (Å²) in [4.78, 5) is 22.6. The molecule has 5 heteroatoms. The molecule has 2 aromatic rings. The lowest BCUT2D eigenvalue weighted by Gasteiger charge is -2.05. The van der Waals surface area contributed by atoms with E-state index in [1.54, 1.807) is 6.20 Å². The van der Waals surface area contributed by atoms with Gasteiger partial charge in [-0.15, -0.1) is 0 Å². The molecular weight excluding hydrogens is 256 g/mol. The van der Waals surface area contributed by atoms with Crippen molar-refractivity contribution in [3.05, 3.63) is 42.1 Å². The molecule has 0 aliphatic carbocycles. The average Bonchev–Trinajstić information content (AvgIpc) is 2.43. The second kappa shape index (κ2) is 6.14. The molecule has 1 N–H and O–H groups in total. The van der Waals surface area contributed by atoms with Gasteiger partial charge < -0.3 is 10.1 Å². The monoisotopic (exact) mass is 273 g/mol. The van der Waals surface area contributed by atoms with E-state index in [1.807, 2.05) is 41.9 Å². The maximum atomic E-state index is 12.0. The van der Waals surface area contributed by atoms with Gasteiger partial charge in [0.1, 0.15) is 19.2 Å². The lowest BCUT2D eigenvalue weighted by molar-refractivity contribution is -0.645. The topological polar surface area (TPSA) is 59.3 Å². The summed E-state index contributed by atoms with van der Waals surface area (Å²) in [6.45, 7) is 1.82. The Morgan fingerprint density at radius 2 is 2.05 bits per heavy atom. The Morgan fingerprint density at radius 1 is 1.30 bits per heavy atom. The third-order valence-corrected chi connectivity index (χ3v) is 2.92. The van der Waals surface area contributed by atoms with Gasteiger partial charge >= 0.3 is 5.97 Å². The number of para-hydroxylation sites is 1. The van der Waals surface area contributed by atoms with Gasteiger partial charge in [0.25, 0.3) is 5.91 Å².